The predicted molar refractivity (Wildman–Crippen MR) is 60.0 cm³/mol. The molecule has 0 aliphatic heterocycles. The summed E-state index contributed by atoms with van der Waals surface area (Å²) in [4.78, 5) is 8.09. The van der Waals surface area contributed by atoms with Crippen LogP contribution in [-0.4, -0.2) is 21.7 Å². The quantitative estimate of drug-likeness (QED) is 0.793. The Hall–Kier alpha value is -2.11. The van der Waals surface area contributed by atoms with Gasteiger partial charge in [0.2, 0.25) is 6.39 Å². The summed E-state index contributed by atoms with van der Waals surface area (Å²) in [5.41, 5.74) is 0.968. The molecular weight excluding hydrogens is 206 g/mol. The summed E-state index contributed by atoms with van der Waals surface area (Å²) in [5, 5.41) is 10.0. The molecule has 0 aliphatic carbocycles. The summed E-state index contributed by atoms with van der Waals surface area (Å²) in [5.74, 6) is 1.47. The van der Waals surface area contributed by atoms with Crippen molar-refractivity contribution in [1.29, 1.82) is 0 Å². The van der Waals surface area contributed by atoms with Gasteiger partial charge in [0, 0.05) is 24.5 Å². The van der Waals surface area contributed by atoms with Gasteiger partial charge >= 0.3 is 0 Å². The van der Waals surface area contributed by atoms with E-state index in [-0.39, 0.29) is 0 Å². The van der Waals surface area contributed by atoms with Gasteiger partial charge in [-0.1, -0.05) is 5.16 Å². The van der Waals surface area contributed by atoms with E-state index >= 15 is 0 Å². The Morgan fingerprint density at radius 1 is 1.31 bits per heavy atom. The average molecular weight is 219 g/mol. The maximum absolute atomic E-state index is 4.64. The van der Waals surface area contributed by atoms with E-state index in [2.05, 4.69) is 30.3 Å². The van der Waals surface area contributed by atoms with Crippen molar-refractivity contribution in [2.24, 2.45) is 0 Å². The first kappa shape index (κ1) is 10.4. The van der Waals surface area contributed by atoms with Gasteiger partial charge in [-0.05, 0) is 13.0 Å². The van der Waals surface area contributed by atoms with Gasteiger partial charge in [-0.2, -0.15) is 4.98 Å². The largest absolute Gasteiger partial charge is 0.377 e. The van der Waals surface area contributed by atoms with Crippen LogP contribution in [0.4, 0.5) is 11.5 Å². The Bertz CT molecular complexity index is 429. The SMILES string of the molecule is CCNc1cc(NCc2ncon2)ccn1. The minimum atomic E-state index is 0.534. The van der Waals surface area contributed by atoms with Gasteiger partial charge < -0.3 is 15.2 Å². The van der Waals surface area contributed by atoms with Gasteiger partial charge in [0.1, 0.15) is 5.82 Å². The predicted octanol–water partition coefficient (Wildman–Crippen LogP) is 1.51. The third-order valence-electron chi connectivity index (χ3n) is 1.98. The molecule has 0 aromatic carbocycles. The lowest BCUT2D eigenvalue weighted by atomic mass is 10.3. The van der Waals surface area contributed by atoms with Crippen molar-refractivity contribution in [3.05, 3.63) is 30.5 Å². The van der Waals surface area contributed by atoms with Crippen LogP contribution in [0, 0.1) is 0 Å². The standard InChI is InChI=1S/C10H13N5O/c1-2-11-9-5-8(3-4-12-9)13-6-10-14-7-16-15-10/h3-5,7H,2,6H2,1H3,(H2,11,12,13). The van der Waals surface area contributed by atoms with E-state index in [0.717, 1.165) is 18.1 Å². The first-order valence-corrected chi connectivity index (χ1v) is 5.07. The number of pyridine rings is 1. The molecule has 84 valence electrons. The molecule has 0 saturated heterocycles. The van der Waals surface area contributed by atoms with Crippen molar-refractivity contribution in [1.82, 2.24) is 15.1 Å². The number of rotatable bonds is 5. The normalized spacial score (nSPS) is 10.1. The molecule has 0 fully saturated rings. The molecule has 16 heavy (non-hydrogen) atoms. The summed E-state index contributed by atoms with van der Waals surface area (Å²) >= 11 is 0. The molecule has 0 spiro atoms. The molecule has 0 radical (unpaired) electrons. The fraction of sp³-hybridized carbons (Fsp3) is 0.300. The fourth-order valence-corrected chi connectivity index (χ4v) is 1.27. The Morgan fingerprint density at radius 2 is 2.25 bits per heavy atom. The van der Waals surface area contributed by atoms with Crippen LogP contribution in [0.25, 0.3) is 0 Å². The molecule has 2 rings (SSSR count). The molecule has 0 bridgehead atoms. The molecule has 6 nitrogen and oxygen atoms in total. The summed E-state index contributed by atoms with van der Waals surface area (Å²) in [6.45, 7) is 3.41. The average Bonchev–Trinajstić information content (AvgIpc) is 2.80. The van der Waals surface area contributed by atoms with Crippen LogP contribution >= 0.6 is 0 Å². The van der Waals surface area contributed by atoms with Crippen LogP contribution in [-0.2, 0) is 6.54 Å². The van der Waals surface area contributed by atoms with Crippen LogP contribution < -0.4 is 10.6 Å². The topological polar surface area (TPSA) is 75.9 Å². The molecule has 2 aromatic rings. The Balaban J connectivity index is 1.96. The van der Waals surface area contributed by atoms with Crippen LogP contribution in [0.1, 0.15) is 12.7 Å². The number of nitrogens with one attached hydrogen (secondary N) is 2. The van der Waals surface area contributed by atoms with Crippen LogP contribution in [0.5, 0.6) is 0 Å². The second-order valence-corrected chi connectivity index (χ2v) is 3.16. The Morgan fingerprint density at radius 3 is 3.00 bits per heavy atom. The van der Waals surface area contributed by atoms with Gasteiger partial charge in [0.05, 0.1) is 6.54 Å². The second kappa shape index (κ2) is 5.11. The molecule has 0 amide bonds. The van der Waals surface area contributed by atoms with E-state index in [4.69, 9.17) is 0 Å². The van der Waals surface area contributed by atoms with E-state index in [1.54, 1.807) is 6.20 Å². The monoisotopic (exact) mass is 219 g/mol. The highest BCUT2D eigenvalue weighted by Gasteiger charge is 1.99. The van der Waals surface area contributed by atoms with Gasteiger partial charge in [-0.3, -0.25) is 0 Å². The summed E-state index contributed by atoms with van der Waals surface area (Å²) in [7, 11) is 0. The van der Waals surface area contributed by atoms with Gasteiger partial charge in [0.15, 0.2) is 5.82 Å². The van der Waals surface area contributed by atoms with Crippen molar-refractivity contribution >= 4 is 11.5 Å². The first-order valence-electron chi connectivity index (χ1n) is 5.07. The number of nitrogens with zero attached hydrogens (tertiary/aromatic N) is 3. The molecule has 2 aromatic heterocycles. The molecule has 0 unspecified atom stereocenters. The van der Waals surface area contributed by atoms with Crippen molar-refractivity contribution in [3.8, 4) is 0 Å². The van der Waals surface area contributed by atoms with Crippen molar-refractivity contribution in [2.75, 3.05) is 17.2 Å². The minimum Gasteiger partial charge on any atom is -0.377 e. The third-order valence-corrected chi connectivity index (χ3v) is 1.98. The zero-order valence-electron chi connectivity index (χ0n) is 8.97. The Labute approximate surface area is 93.1 Å². The van der Waals surface area contributed by atoms with Crippen LogP contribution in [0.15, 0.2) is 29.2 Å². The Kier molecular flexibility index (Phi) is 3.32. The highest BCUT2D eigenvalue weighted by molar-refractivity contribution is 5.51. The maximum Gasteiger partial charge on any atom is 0.213 e. The number of hydrogen-bond acceptors (Lipinski definition) is 6. The highest BCUT2D eigenvalue weighted by Crippen LogP contribution is 2.12. The minimum absolute atomic E-state index is 0.534. The molecule has 2 N–H and O–H groups in total. The lowest BCUT2D eigenvalue weighted by molar-refractivity contribution is 0.411. The maximum atomic E-state index is 4.64. The molecule has 0 saturated carbocycles. The third kappa shape index (κ3) is 2.69. The summed E-state index contributed by atoms with van der Waals surface area (Å²) in [6, 6.07) is 3.82. The molecule has 2 heterocycles. The number of anilines is 2. The van der Waals surface area contributed by atoms with E-state index in [9.17, 15) is 0 Å². The second-order valence-electron chi connectivity index (χ2n) is 3.16. The van der Waals surface area contributed by atoms with Crippen LogP contribution in [0.2, 0.25) is 0 Å². The first-order chi connectivity index (χ1) is 7.88. The van der Waals surface area contributed by atoms with Crippen LogP contribution in [0.3, 0.4) is 0 Å². The van der Waals surface area contributed by atoms with Crippen molar-refractivity contribution in [2.45, 2.75) is 13.5 Å². The number of aromatic nitrogens is 3. The van der Waals surface area contributed by atoms with E-state index in [0.29, 0.717) is 12.4 Å². The van der Waals surface area contributed by atoms with Gasteiger partial charge in [-0.15, -0.1) is 0 Å². The molecule has 0 aliphatic rings. The summed E-state index contributed by atoms with van der Waals surface area (Å²) < 4.78 is 4.64. The number of hydrogen-bond donors (Lipinski definition) is 2. The fourth-order valence-electron chi connectivity index (χ4n) is 1.27. The summed E-state index contributed by atoms with van der Waals surface area (Å²) in [6.07, 6.45) is 3.06. The van der Waals surface area contributed by atoms with Crippen molar-refractivity contribution in [3.63, 3.8) is 0 Å². The molecule has 6 heteroatoms. The zero-order valence-corrected chi connectivity index (χ0v) is 8.97. The van der Waals surface area contributed by atoms with E-state index in [1.807, 2.05) is 19.1 Å². The highest BCUT2D eigenvalue weighted by atomic mass is 16.5. The van der Waals surface area contributed by atoms with E-state index < -0.39 is 0 Å². The lowest BCUT2D eigenvalue weighted by Crippen LogP contribution is -2.03. The van der Waals surface area contributed by atoms with Gasteiger partial charge in [-0.25, -0.2) is 4.98 Å². The zero-order chi connectivity index (χ0) is 11.2. The lowest BCUT2D eigenvalue weighted by Gasteiger charge is -2.06. The molecule has 0 atom stereocenters. The van der Waals surface area contributed by atoms with Crippen molar-refractivity contribution < 1.29 is 4.52 Å². The van der Waals surface area contributed by atoms with E-state index in [1.165, 1.54) is 6.39 Å². The molecular formula is C10H13N5O. The smallest absolute Gasteiger partial charge is 0.213 e. The van der Waals surface area contributed by atoms with Gasteiger partial charge in [0.25, 0.3) is 0 Å².